The predicted molar refractivity (Wildman–Crippen MR) is 143 cm³/mol. The monoisotopic (exact) mass is 511 g/mol. The predicted octanol–water partition coefficient (Wildman–Crippen LogP) is 3.18. The third-order valence-corrected chi connectivity index (χ3v) is 7.92. The molecule has 3 rings (SSSR count). The SMILES string of the molecule is CCCC(=O)N[C@@H](Cc1ccccc1)[C@H](O)C(=O)N1CSC(C)(C)[C@H]1C(=O)NCc1ccccc1C. The van der Waals surface area contributed by atoms with E-state index in [1.807, 2.05) is 82.3 Å². The fourth-order valence-electron chi connectivity index (χ4n) is 4.46. The Morgan fingerprint density at radius 3 is 2.44 bits per heavy atom. The summed E-state index contributed by atoms with van der Waals surface area (Å²) in [7, 11) is 0. The van der Waals surface area contributed by atoms with Gasteiger partial charge in [-0.3, -0.25) is 14.4 Å². The quantitative estimate of drug-likeness (QED) is 0.455. The molecular formula is C28H37N3O4S. The molecule has 3 amide bonds. The number of benzene rings is 2. The number of thioether (sulfide) groups is 1. The van der Waals surface area contributed by atoms with Crippen LogP contribution in [0.2, 0.25) is 0 Å². The number of hydrogen-bond acceptors (Lipinski definition) is 5. The van der Waals surface area contributed by atoms with Crippen molar-refractivity contribution in [3.63, 3.8) is 0 Å². The Labute approximate surface area is 218 Å². The number of aliphatic hydroxyl groups is 1. The molecule has 36 heavy (non-hydrogen) atoms. The van der Waals surface area contributed by atoms with Crippen LogP contribution in [0.15, 0.2) is 54.6 Å². The van der Waals surface area contributed by atoms with E-state index in [1.165, 1.54) is 16.7 Å². The van der Waals surface area contributed by atoms with Gasteiger partial charge in [-0.2, -0.15) is 0 Å². The van der Waals surface area contributed by atoms with Gasteiger partial charge in [0.25, 0.3) is 5.91 Å². The zero-order valence-corrected chi connectivity index (χ0v) is 22.3. The van der Waals surface area contributed by atoms with Crippen LogP contribution in [-0.2, 0) is 27.3 Å². The van der Waals surface area contributed by atoms with Crippen LogP contribution in [0.3, 0.4) is 0 Å². The first-order valence-electron chi connectivity index (χ1n) is 12.4. The maximum Gasteiger partial charge on any atom is 0.254 e. The van der Waals surface area contributed by atoms with Gasteiger partial charge in [-0.1, -0.05) is 61.5 Å². The first-order chi connectivity index (χ1) is 17.1. The minimum atomic E-state index is -1.48. The summed E-state index contributed by atoms with van der Waals surface area (Å²) in [6.07, 6.45) is -0.207. The van der Waals surface area contributed by atoms with Gasteiger partial charge in [0.15, 0.2) is 6.10 Å². The molecule has 0 spiro atoms. The molecule has 1 heterocycles. The van der Waals surface area contributed by atoms with Crippen molar-refractivity contribution in [1.29, 1.82) is 0 Å². The van der Waals surface area contributed by atoms with E-state index in [0.29, 0.717) is 25.8 Å². The molecule has 3 N–H and O–H groups in total. The Kier molecular flexibility index (Phi) is 9.56. The summed E-state index contributed by atoms with van der Waals surface area (Å²) < 4.78 is -0.536. The topological polar surface area (TPSA) is 98.7 Å². The molecule has 0 unspecified atom stereocenters. The molecule has 1 aliphatic heterocycles. The van der Waals surface area contributed by atoms with Gasteiger partial charge in [0, 0.05) is 17.7 Å². The van der Waals surface area contributed by atoms with Crippen molar-refractivity contribution in [1.82, 2.24) is 15.5 Å². The average Bonchev–Trinajstić information content (AvgIpc) is 3.17. The lowest BCUT2D eigenvalue weighted by Crippen LogP contribution is -2.58. The van der Waals surface area contributed by atoms with E-state index >= 15 is 0 Å². The lowest BCUT2D eigenvalue weighted by Gasteiger charge is -2.33. The standard InChI is InChI=1S/C28H37N3O4S/c1-5-11-23(32)30-22(16-20-13-7-6-8-14-20)24(33)27(35)31-18-36-28(3,4)25(31)26(34)29-17-21-15-10-9-12-19(21)2/h6-10,12-15,22,24-25,33H,5,11,16-18H2,1-4H3,(H,29,34)(H,30,32)/t22-,24-,25+/m0/s1. The lowest BCUT2D eigenvalue weighted by molar-refractivity contribution is -0.147. The highest BCUT2D eigenvalue weighted by molar-refractivity contribution is 8.00. The molecule has 2 aromatic rings. The van der Waals surface area contributed by atoms with Crippen LogP contribution in [0.4, 0.5) is 0 Å². The second kappa shape index (κ2) is 12.4. The number of nitrogens with zero attached hydrogens (tertiary/aromatic N) is 1. The van der Waals surface area contributed by atoms with Crippen molar-refractivity contribution in [2.24, 2.45) is 0 Å². The number of rotatable bonds is 10. The van der Waals surface area contributed by atoms with Gasteiger partial charge in [0.1, 0.15) is 6.04 Å². The van der Waals surface area contributed by atoms with Crippen LogP contribution < -0.4 is 10.6 Å². The third kappa shape index (κ3) is 6.89. The highest BCUT2D eigenvalue weighted by atomic mass is 32.2. The second-order valence-electron chi connectivity index (χ2n) is 9.79. The highest BCUT2D eigenvalue weighted by Gasteiger charge is 2.49. The minimum Gasteiger partial charge on any atom is -0.381 e. The van der Waals surface area contributed by atoms with Crippen LogP contribution in [0.5, 0.6) is 0 Å². The summed E-state index contributed by atoms with van der Waals surface area (Å²) in [5.74, 6) is -0.744. The van der Waals surface area contributed by atoms with Crippen molar-refractivity contribution >= 4 is 29.5 Å². The molecule has 0 aliphatic carbocycles. The Morgan fingerprint density at radius 2 is 1.78 bits per heavy atom. The molecule has 8 heteroatoms. The number of carbonyl (C=O) groups is 3. The van der Waals surface area contributed by atoms with E-state index in [0.717, 1.165) is 16.7 Å². The van der Waals surface area contributed by atoms with Gasteiger partial charge < -0.3 is 20.6 Å². The molecule has 0 bridgehead atoms. The Bertz CT molecular complexity index is 1060. The number of carbonyl (C=O) groups excluding carboxylic acids is 3. The van der Waals surface area contributed by atoms with Crippen LogP contribution >= 0.6 is 11.8 Å². The van der Waals surface area contributed by atoms with Crippen molar-refractivity contribution in [2.75, 3.05) is 5.88 Å². The van der Waals surface area contributed by atoms with Gasteiger partial charge in [0.2, 0.25) is 11.8 Å². The zero-order chi connectivity index (χ0) is 26.3. The normalized spacial score (nSPS) is 18.4. The number of amides is 3. The van der Waals surface area contributed by atoms with E-state index in [-0.39, 0.29) is 17.7 Å². The first kappa shape index (κ1) is 27.7. The van der Waals surface area contributed by atoms with Crippen LogP contribution in [-0.4, -0.2) is 56.5 Å². The molecule has 1 saturated heterocycles. The maximum absolute atomic E-state index is 13.6. The molecule has 1 fully saturated rings. The smallest absolute Gasteiger partial charge is 0.254 e. The van der Waals surface area contributed by atoms with Gasteiger partial charge in [-0.05, 0) is 50.3 Å². The van der Waals surface area contributed by atoms with Gasteiger partial charge in [-0.15, -0.1) is 11.8 Å². The Morgan fingerprint density at radius 1 is 1.11 bits per heavy atom. The molecule has 1 aliphatic rings. The molecule has 0 radical (unpaired) electrons. The van der Waals surface area contributed by atoms with Crippen molar-refractivity contribution < 1.29 is 19.5 Å². The van der Waals surface area contributed by atoms with Crippen LogP contribution in [0, 0.1) is 6.92 Å². The Hall–Kier alpha value is -2.84. The highest BCUT2D eigenvalue weighted by Crippen LogP contribution is 2.40. The van der Waals surface area contributed by atoms with Crippen molar-refractivity contribution in [2.45, 2.75) is 76.4 Å². The molecule has 2 aromatic carbocycles. The van der Waals surface area contributed by atoms with E-state index in [1.54, 1.807) is 0 Å². The molecular weight excluding hydrogens is 474 g/mol. The number of hydrogen-bond donors (Lipinski definition) is 3. The number of aryl methyl sites for hydroxylation is 1. The minimum absolute atomic E-state index is 0.214. The fraction of sp³-hybridized carbons (Fsp3) is 0.464. The van der Waals surface area contributed by atoms with E-state index < -0.39 is 28.8 Å². The maximum atomic E-state index is 13.6. The molecule has 3 atom stereocenters. The summed E-state index contributed by atoms with van der Waals surface area (Å²) in [6, 6.07) is 15.7. The molecule has 7 nitrogen and oxygen atoms in total. The summed E-state index contributed by atoms with van der Waals surface area (Å²) in [6.45, 7) is 8.11. The number of nitrogens with one attached hydrogen (secondary N) is 2. The molecule has 0 aromatic heterocycles. The summed E-state index contributed by atoms with van der Waals surface area (Å²) in [5.41, 5.74) is 2.98. The number of aliphatic hydroxyl groups excluding tert-OH is 1. The van der Waals surface area contributed by atoms with Gasteiger partial charge in [0.05, 0.1) is 11.9 Å². The molecule has 0 saturated carbocycles. The largest absolute Gasteiger partial charge is 0.381 e. The summed E-state index contributed by atoms with van der Waals surface area (Å²) >= 11 is 1.50. The zero-order valence-electron chi connectivity index (χ0n) is 21.5. The summed E-state index contributed by atoms with van der Waals surface area (Å²) in [4.78, 5) is 40.8. The van der Waals surface area contributed by atoms with E-state index in [4.69, 9.17) is 0 Å². The second-order valence-corrected chi connectivity index (χ2v) is 11.4. The molecule has 194 valence electrons. The van der Waals surface area contributed by atoms with Crippen LogP contribution in [0.25, 0.3) is 0 Å². The lowest BCUT2D eigenvalue weighted by atomic mass is 9.97. The summed E-state index contributed by atoms with van der Waals surface area (Å²) in [5, 5.41) is 17.0. The third-order valence-electron chi connectivity index (χ3n) is 6.55. The first-order valence-corrected chi connectivity index (χ1v) is 13.4. The van der Waals surface area contributed by atoms with Crippen LogP contribution in [0.1, 0.15) is 50.3 Å². The van der Waals surface area contributed by atoms with Gasteiger partial charge >= 0.3 is 0 Å². The van der Waals surface area contributed by atoms with E-state index in [2.05, 4.69) is 10.6 Å². The van der Waals surface area contributed by atoms with Crippen molar-refractivity contribution in [3.05, 3.63) is 71.3 Å². The van der Waals surface area contributed by atoms with Crippen molar-refractivity contribution in [3.8, 4) is 0 Å². The average molecular weight is 512 g/mol. The van der Waals surface area contributed by atoms with Gasteiger partial charge in [-0.25, -0.2) is 0 Å². The fourth-order valence-corrected chi connectivity index (χ4v) is 5.60. The van der Waals surface area contributed by atoms with E-state index in [9.17, 15) is 19.5 Å². The Balaban J connectivity index is 1.77.